The fourth-order valence-corrected chi connectivity index (χ4v) is 2.78. The van der Waals surface area contributed by atoms with Crippen molar-refractivity contribution in [3.63, 3.8) is 0 Å². The second-order valence-electron chi connectivity index (χ2n) is 5.28. The van der Waals surface area contributed by atoms with Crippen LogP contribution in [0.3, 0.4) is 0 Å². The van der Waals surface area contributed by atoms with E-state index in [2.05, 4.69) is 6.58 Å². The lowest BCUT2D eigenvalue weighted by Gasteiger charge is -2.12. The number of hydrogen-bond donors (Lipinski definition) is 0. The number of benzene rings is 1. The van der Waals surface area contributed by atoms with Gasteiger partial charge in [-0.2, -0.15) is 0 Å². The molecular formula is C17H22O4. The van der Waals surface area contributed by atoms with Crippen LogP contribution < -0.4 is 4.74 Å². The summed E-state index contributed by atoms with van der Waals surface area (Å²) >= 11 is 0. The third-order valence-corrected chi connectivity index (χ3v) is 4.02. The number of esters is 1. The first kappa shape index (κ1) is 15.6. The van der Waals surface area contributed by atoms with Crippen LogP contribution in [0.4, 0.5) is 0 Å². The highest BCUT2D eigenvalue weighted by Crippen LogP contribution is 2.35. The van der Waals surface area contributed by atoms with Crippen molar-refractivity contribution in [1.82, 2.24) is 0 Å². The number of ether oxygens (including phenoxy) is 3. The van der Waals surface area contributed by atoms with E-state index < -0.39 is 0 Å². The minimum atomic E-state index is -0.171. The van der Waals surface area contributed by atoms with Crippen molar-refractivity contribution in [3.8, 4) is 5.75 Å². The van der Waals surface area contributed by atoms with Crippen molar-refractivity contribution in [3.05, 3.63) is 42.5 Å². The monoisotopic (exact) mass is 290 g/mol. The van der Waals surface area contributed by atoms with Gasteiger partial charge in [0.1, 0.15) is 5.75 Å². The molecule has 0 unspecified atom stereocenters. The Balaban J connectivity index is 1.88. The van der Waals surface area contributed by atoms with Gasteiger partial charge in [-0.05, 0) is 36.5 Å². The molecule has 0 spiro atoms. The molecule has 3 atom stereocenters. The molecule has 0 radical (unpaired) electrons. The molecule has 0 saturated heterocycles. The number of carbonyl (C=O) groups is 1. The van der Waals surface area contributed by atoms with Gasteiger partial charge in [0.25, 0.3) is 0 Å². The van der Waals surface area contributed by atoms with Crippen LogP contribution in [-0.2, 0) is 20.9 Å². The quantitative estimate of drug-likeness (QED) is 0.597. The van der Waals surface area contributed by atoms with E-state index in [4.69, 9.17) is 14.2 Å². The smallest absolute Gasteiger partial charge is 0.309 e. The van der Waals surface area contributed by atoms with Crippen LogP contribution in [0, 0.1) is 11.8 Å². The van der Waals surface area contributed by atoms with Gasteiger partial charge in [-0.3, -0.25) is 4.79 Å². The first-order valence-corrected chi connectivity index (χ1v) is 7.12. The summed E-state index contributed by atoms with van der Waals surface area (Å²) in [6.45, 7) is 4.34. The molecule has 1 saturated carbocycles. The molecule has 0 aromatic heterocycles. The number of allylic oxidation sites excluding steroid dienone is 1. The summed E-state index contributed by atoms with van der Waals surface area (Å²) in [6, 6.07) is 7.79. The van der Waals surface area contributed by atoms with Gasteiger partial charge >= 0.3 is 5.97 Å². The first-order chi connectivity index (χ1) is 10.2. The third kappa shape index (κ3) is 3.85. The van der Waals surface area contributed by atoms with Crippen molar-refractivity contribution >= 4 is 5.97 Å². The molecule has 0 bridgehead atoms. The van der Waals surface area contributed by atoms with Crippen molar-refractivity contribution in [2.75, 3.05) is 14.2 Å². The molecule has 0 N–H and O–H groups in total. The molecule has 0 heterocycles. The number of hydrogen-bond acceptors (Lipinski definition) is 4. The topological polar surface area (TPSA) is 44.8 Å². The molecule has 1 aromatic rings. The molecule has 1 aliphatic rings. The maximum absolute atomic E-state index is 11.7. The lowest BCUT2D eigenvalue weighted by Crippen LogP contribution is -2.19. The van der Waals surface area contributed by atoms with E-state index in [1.165, 1.54) is 7.11 Å². The van der Waals surface area contributed by atoms with Crippen molar-refractivity contribution in [2.24, 2.45) is 11.8 Å². The molecule has 2 rings (SSSR count). The number of methoxy groups -OCH3 is 2. The standard InChI is InChI=1S/C17H22O4/c1-4-13-9-15(10-16(13)17(18)20-3)21-11-12-5-7-14(19-2)8-6-12/h4-8,13,15-16H,1,9-11H2,2-3H3/t13-,15+,16-/m1/s1. The maximum Gasteiger partial charge on any atom is 0.309 e. The van der Waals surface area contributed by atoms with E-state index in [9.17, 15) is 4.79 Å². The number of carbonyl (C=O) groups excluding carboxylic acids is 1. The van der Waals surface area contributed by atoms with Gasteiger partial charge in [0.05, 0.1) is 32.8 Å². The van der Waals surface area contributed by atoms with Gasteiger partial charge in [-0.1, -0.05) is 18.2 Å². The highest BCUT2D eigenvalue weighted by atomic mass is 16.5. The van der Waals surface area contributed by atoms with Crippen molar-refractivity contribution in [2.45, 2.75) is 25.6 Å². The normalized spacial score (nSPS) is 24.6. The van der Waals surface area contributed by atoms with Crippen LogP contribution in [-0.4, -0.2) is 26.3 Å². The Morgan fingerprint density at radius 3 is 2.57 bits per heavy atom. The maximum atomic E-state index is 11.7. The molecule has 0 amide bonds. The van der Waals surface area contributed by atoms with Crippen LogP contribution in [0.15, 0.2) is 36.9 Å². The Hall–Kier alpha value is -1.81. The average Bonchev–Trinajstić information content (AvgIpc) is 2.96. The SMILES string of the molecule is C=C[C@@H]1C[C@H](OCc2ccc(OC)cc2)C[C@H]1C(=O)OC. The summed E-state index contributed by atoms with van der Waals surface area (Å²) in [6.07, 6.45) is 3.41. The van der Waals surface area contributed by atoms with Gasteiger partial charge in [0, 0.05) is 0 Å². The Morgan fingerprint density at radius 1 is 1.29 bits per heavy atom. The Morgan fingerprint density at radius 2 is 2.00 bits per heavy atom. The molecule has 21 heavy (non-hydrogen) atoms. The fraction of sp³-hybridized carbons (Fsp3) is 0.471. The molecule has 4 nitrogen and oxygen atoms in total. The lowest BCUT2D eigenvalue weighted by molar-refractivity contribution is -0.146. The van der Waals surface area contributed by atoms with E-state index in [0.717, 1.165) is 17.7 Å². The van der Waals surface area contributed by atoms with Crippen molar-refractivity contribution < 1.29 is 19.0 Å². The van der Waals surface area contributed by atoms with Crippen LogP contribution in [0.2, 0.25) is 0 Å². The van der Waals surface area contributed by atoms with Crippen molar-refractivity contribution in [1.29, 1.82) is 0 Å². The average molecular weight is 290 g/mol. The van der Waals surface area contributed by atoms with Gasteiger partial charge in [0.15, 0.2) is 0 Å². The van der Waals surface area contributed by atoms with E-state index in [0.29, 0.717) is 13.0 Å². The fourth-order valence-electron chi connectivity index (χ4n) is 2.78. The van der Waals surface area contributed by atoms with E-state index in [-0.39, 0.29) is 23.9 Å². The van der Waals surface area contributed by atoms with Crippen LogP contribution in [0.25, 0.3) is 0 Å². The molecule has 114 valence electrons. The number of rotatable bonds is 6. The second kappa shape index (κ2) is 7.27. The highest BCUT2D eigenvalue weighted by Gasteiger charge is 2.38. The predicted octanol–water partition coefficient (Wildman–Crippen LogP) is 2.97. The third-order valence-electron chi connectivity index (χ3n) is 4.02. The Labute approximate surface area is 125 Å². The minimum Gasteiger partial charge on any atom is -0.497 e. The summed E-state index contributed by atoms with van der Waals surface area (Å²) < 4.78 is 15.9. The van der Waals surface area contributed by atoms with Crippen LogP contribution in [0.1, 0.15) is 18.4 Å². The lowest BCUT2D eigenvalue weighted by atomic mass is 9.97. The first-order valence-electron chi connectivity index (χ1n) is 7.12. The van der Waals surface area contributed by atoms with E-state index in [1.807, 2.05) is 30.3 Å². The summed E-state index contributed by atoms with van der Waals surface area (Å²) in [5, 5.41) is 0. The summed E-state index contributed by atoms with van der Waals surface area (Å²) in [5.74, 6) is 0.666. The molecule has 1 aromatic carbocycles. The summed E-state index contributed by atoms with van der Waals surface area (Å²) in [4.78, 5) is 11.7. The largest absolute Gasteiger partial charge is 0.497 e. The highest BCUT2D eigenvalue weighted by molar-refractivity contribution is 5.73. The predicted molar refractivity (Wildman–Crippen MR) is 80.0 cm³/mol. The van der Waals surface area contributed by atoms with E-state index >= 15 is 0 Å². The van der Waals surface area contributed by atoms with E-state index in [1.54, 1.807) is 7.11 Å². The van der Waals surface area contributed by atoms with Crippen LogP contribution in [0.5, 0.6) is 5.75 Å². The Bertz CT molecular complexity index is 480. The zero-order valence-corrected chi connectivity index (χ0v) is 12.6. The summed E-state index contributed by atoms with van der Waals surface area (Å²) in [5.41, 5.74) is 1.09. The molecule has 1 aliphatic carbocycles. The zero-order chi connectivity index (χ0) is 15.2. The molecular weight excluding hydrogens is 268 g/mol. The van der Waals surface area contributed by atoms with Gasteiger partial charge in [-0.25, -0.2) is 0 Å². The van der Waals surface area contributed by atoms with Crippen LogP contribution >= 0.6 is 0 Å². The minimum absolute atomic E-state index is 0.0687. The molecule has 1 fully saturated rings. The molecule has 0 aliphatic heterocycles. The van der Waals surface area contributed by atoms with Gasteiger partial charge in [-0.15, -0.1) is 6.58 Å². The second-order valence-corrected chi connectivity index (χ2v) is 5.28. The summed E-state index contributed by atoms with van der Waals surface area (Å²) in [7, 11) is 3.07. The van der Waals surface area contributed by atoms with Gasteiger partial charge in [0.2, 0.25) is 0 Å². The van der Waals surface area contributed by atoms with Gasteiger partial charge < -0.3 is 14.2 Å². The Kier molecular flexibility index (Phi) is 5.39. The molecule has 4 heteroatoms. The zero-order valence-electron chi connectivity index (χ0n) is 12.6.